The molecule has 0 aliphatic carbocycles. The van der Waals surface area contributed by atoms with E-state index < -0.39 is 0 Å². The van der Waals surface area contributed by atoms with Crippen molar-refractivity contribution in [2.75, 3.05) is 38.8 Å². The Labute approximate surface area is 172 Å². The zero-order chi connectivity index (χ0) is 20.2. The lowest BCUT2D eigenvalue weighted by Crippen LogP contribution is -2.39. The largest absolute Gasteiger partial charge is 0.490 e. The monoisotopic (exact) mass is 395 g/mol. The van der Waals surface area contributed by atoms with Gasteiger partial charge in [0.1, 0.15) is 0 Å². The van der Waals surface area contributed by atoms with Crippen LogP contribution < -0.4 is 19.7 Å². The molecule has 2 aliphatic heterocycles. The second-order valence-corrected chi connectivity index (χ2v) is 7.79. The van der Waals surface area contributed by atoms with Crippen LogP contribution in [0.1, 0.15) is 36.4 Å². The normalized spacial score (nSPS) is 18.3. The van der Waals surface area contributed by atoms with Crippen molar-refractivity contribution >= 4 is 11.7 Å². The summed E-state index contributed by atoms with van der Waals surface area (Å²) in [5.74, 6) is 1.51. The lowest BCUT2D eigenvalue weighted by molar-refractivity contribution is 0.192. The Hall–Kier alpha value is -2.89. The van der Waals surface area contributed by atoms with Crippen LogP contribution in [-0.4, -0.2) is 44.8 Å². The number of fused-ring (bicyclic) bond motifs is 1. The molecule has 2 aromatic carbocycles. The summed E-state index contributed by atoms with van der Waals surface area (Å²) in [5, 5.41) is 3.09. The van der Waals surface area contributed by atoms with Crippen molar-refractivity contribution in [3.8, 4) is 11.5 Å². The first kappa shape index (κ1) is 19.4. The van der Waals surface area contributed by atoms with Crippen LogP contribution in [0.2, 0.25) is 0 Å². The molecule has 2 aliphatic rings. The summed E-state index contributed by atoms with van der Waals surface area (Å²) in [4.78, 5) is 17.0. The predicted octanol–water partition coefficient (Wildman–Crippen LogP) is 3.96. The van der Waals surface area contributed by atoms with E-state index in [9.17, 15) is 4.79 Å². The molecule has 2 amide bonds. The standard InChI is InChI=1S/C23H29N3O3/c1-25(2)19-9-3-7-17(15-19)20-10-5-12-26(20)23(27)24-16-18-8-4-11-21-22(18)29-14-6-13-28-21/h3-4,7-9,11,15,20H,5-6,10,12-14,16H2,1-2H3,(H,24,27). The molecule has 2 heterocycles. The van der Waals surface area contributed by atoms with E-state index in [-0.39, 0.29) is 12.1 Å². The molecule has 0 saturated carbocycles. The Balaban J connectivity index is 1.45. The van der Waals surface area contributed by atoms with Crippen molar-refractivity contribution in [1.82, 2.24) is 10.2 Å². The van der Waals surface area contributed by atoms with Crippen LogP contribution in [0.3, 0.4) is 0 Å². The molecule has 2 aromatic rings. The number of hydrogen-bond acceptors (Lipinski definition) is 4. The maximum Gasteiger partial charge on any atom is 0.318 e. The van der Waals surface area contributed by atoms with E-state index in [0.717, 1.165) is 48.6 Å². The molecule has 29 heavy (non-hydrogen) atoms. The van der Waals surface area contributed by atoms with E-state index >= 15 is 0 Å². The summed E-state index contributed by atoms with van der Waals surface area (Å²) < 4.78 is 11.6. The number of carbonyl (C=O) groups excluding carboxylic acids is 1. The minimum absolute atomic E-state index is 0.0325. The number of para-hydroxylation sites is 1. The molecule has 154 valence electrons. The maximum atomic E-state index is 13.0. The zero-order valence-electron chi connectivity index (χ0n) is 17.2. The van der Waals surface area contributed by atoms with Gasteiger partial charge in [0.2, 0.25) is 0 Å². The average molecular weight is 396 g/mol. The Bertz CT molecular complexity index is 868. The number of benzene rings is 2. The molecule has 1 atom stereocenters. The van der Waals surface area contributed by atoms with Crippen molar-refractivity contribution in [2.45, 2.75) is 31.8 Å². The Morgan fingerprint density at radius 3 is 2.83 bits per heavy atom. The SMILES string of the molecule is CN(C)c1cccc(C2CCCN2C(=O)NCc2cccc3c2OCCCO3)c1. The summed E-state index contributed by atoms with van der Waals surface area (Å²) in [7, 11) is 4.07. The van der Waals surface area contributed by atoms with Crippen LogP contribution in [0.5, 0.6) is 11.5 Å². The fourth-order valence-corrected chi connectivity index (χ4v) is 4.03. The van der Waals surface area contributed by atoms with Crippen molar-refractivity contribution in [2.24, 2.45) is 0 Å². The average Bonchev–Trinajstić information content (AvgIpc) is 3.10. The first-order valence-corrected chi connectivity index (χ1v) is 10.3. The molecule has 0 bridgehead atoms. The summed E-state index contributed by atoms with van der Waals surface area (Å²) in [5.41, 5.74) is 3.29. The van der Waals surface area contributed by atoms with Gasteiger partial charge >= 0.3 is 6.03 Å². The van der Waals surface area contributed by atoms with Crippen molar-refractivity contribution < 1.29 is 14.3 Å². The van der Waals surface area contributed by atoms with Crippen LogP contribution in [0.4, 0.5) is 10.5 Å². The van der Waals surface area contributed by atoms with Gasteiger partial charge < -0.3 is 24.6 Å². The number of carbonyl (C=O) groups is 1. The maximum absolute atomic E-state index is 13.0. The lowest BCUT2D eigenvalue weighted by atomic mass is 10.0. The number of likely N-dealkylation sites (tertiary alicyclic amines) is 1. The number of nitrogens with zero attached hydrogens (tertiary/aromatic N) is 2. The van der Waals surface area contributed by atoms with Crippen LogP contribution in [0.25, 0.3) is 0 Å². The highest BCUT2D eigenvalue weighted by Gasteiger charge is 2.30. The van der Waals surface area contributed by atoms with Crippen LogP contribution >= 0.6 is 0 Å². The highest BCUT2D eigenvalue weighted by molar-refractivity contribution is 5.75. The van der Waals surface area contributed by atoms with E-state index in [4.69, 9.17) is 9.47 Å². The first-order valence-electron chi connectivity index (χ1n) is 10.3. The number of urea groups is 1. The third-order valence-corrected chi connectivity index (χ3v) is 5.57. The van der Waals surface area contributed by atoms with Gasteiger partial charge in [0.15, 0.2) is 11.5 Å². The van der Waals surface area contributed by atoms with Crippen LogP contribution in [-0.2, 0) is 6.54 Å². The minimum atomic E-state index is -0.0325. The van der Waals surface area contributed by atoms with Gasteiger partial charge in [-0.05, 0) is 36.6 Å². The first-order chi connectivity index (χ1) is 14.1. The van der Waals surface area contributed by atoms with E-state index in [1.165, 1.54) is 5.56 Å². The van der Waals surface area contributed by atoms with Gasteiger partial charge in [-0.2, -0.15) is 0 Å². The minimum Gasteiger partial charge on any atom is -0.490 e. The Morgan fingerprint density at radius 2 is 1.97 bits per heavy atom. The van der Waals surface area contributed by atoms with Gasteiger partial charge in [-0.25, -0.2) is 4.79 Å². The molecule has 1 saturated heterocycles. The summed E-state index contributed by atoms with van der Waals surface area (Å²) in [6, 6.07) is 14.4. The van der Waals surface area contributed by atoms with Crippen molar-refractivity contribution in [3.05, 3.63) is 53.6 Å². The number of rotatable bonds is 4. The number of nitrogens with one attached hydrogen (secondary N) is 1. The Kier molecular flexibility index (Phi) is 5.79. The molecule has 0 aromatic heterocycles. The topological polar surface area (TPSA) is 54.0 Å². The number of anilines is 1. The molecule has 1 unspecified atom stereocenters. The molecule has 4 rings (SSSR count). The van der Waals surface area contributed by atoms with Crippen LogP contribution in [0, 0.1) is 0 Å². The predicted molar refractivity (Wildman–Crippen MR) is 114 cm³/mol. The second kappa shape index (κ2) is 8.64. The number of ether oxygens (including phenoxy) is 2. The number of hydrogen-bond donors (Lipinski definition) is 1. The molecule has 0 spiro atoms. The van der Waals surface area contributed by atoms with E-state index in [1.54, 1.807) is 0 Å². The van der Waals surface area contributed by atoms with Crippen molar-refractivity contribution in [3.63, 3.8) is 0 Å². The highest BCUT2D eigenvalue weighted by Crippen LogP contribution is 2.35. The van der Waals surface area contributed by atoms with Gasteiger partial charge in [-0.3, -0.25) is 0 Å². The molecular formula is C23H29N3O3. The highest BCUT2D eigenvalue weighted by atomic mass is 16.5. The van der Waals surface area contributed by atoms with Crippen molar-refractivity contribution in [1.29, 1.82) is 0 Å². The molecule has 1 fully saturated rings. The van der Waals surface area contributed by atoms with E-state index in [0.29, 0.717) is 19.8 Å². The third-order valence-electron chi connectivity index (χ3n) is 5.57. The second-order valence-electron chi connectivity index (χ2n) is 7.79. The molecule has 6 heteroatoms. The zero-order valence-corrected chi connectivity index (χ0v) is 17.2. The lowest BCUT2D eigenvalue weighted by Gasteiger charge is -2.26. The third kappa shape index (κ3) is 4.26. The summed E-state index contributed by atoms with van der Waals surface area (Å²) >= 11 is 0. The molecule has 6 nitrogen and oxygen atoms in total. The molecule has 0 radical (unpaired) electrons. The quantitative estimate of drug-likeness (QED) is 0.851. The van der Waals surface area contributed by atoms with Gasteiger partial charge in [-0.15, -0.1) is 0 Å². The summed E-state index contributed by atoms with van der Waals surface area (Å²) in [6.07, 6.45) is 2.87. The van der Waals surface area contributed by atoms with Crippen LogP contribution in [0.15, 0.2) is 42.5 Å². The van der Waals surface area contributed by atoms with Gasteiger partial charge in [0.25, 0.3) is 0 Å². The fraction of sp³-hybridized carbons (Fsp3) is 0.435. The van der Waals surface area contributed by atoms with E-state index in [2.05, 4.69) is 34.5 Å². The summed E-state index contributed by atoms with van der Waals surface area (Å²) in [6.45, 7) is 2.49. The van der Waals surface area contributed by atoms with Gasteiger partial charge in [0.05, 0.1) is 19.3 Å². The fourth-order valence-electron chi connectivity index (χ4n) is 4.03. The van der Waals surface area contributed by atoms with Gasteiger partial charge in [0, 0.05) is 44.9 Å². The van der Waals surface area contributed by atoms with Gasteiger partial charge in [-0.1, -0.05) is 24.3 Å². The molecular weight excluding hydrogens is 366 g/mol. The smallest absolute Gasteiger partial charge is 0.318 e. The molecule has 1 N–H and O–H groups in total. The number of amides is 2. The Morgan fingerprint density at radius 1 is 1.14 bits per heavy atom. The van der Waals surface area contributed by atoms with E-state index in [1.807, 2.05) is 37.2 Å².